The molecule has 0 aliphatic carbocycles. The molecule has 7 aromatic rings. The lowest BCUT2D eigenvalue weighted by Crippen LogP contribution is -2.17. The second-order valence-corrected chi connectivity index (χ2v) is 11.7. The molecule has 0 unspecified atom stereocenters. The van der Waals surface area contributed by atoms with E-state index in [4.69, 9.17) is 28.9 Å². The molecule has 0 atom stereocenters. The number of anilines is 2. The summed E-state index contributed by atoms with van der Waals surface area (Å²) in [6.45, 7) is 0. The SMILES string of the molecule is COc1ccc(-c2cc(C(=O)Nc3ccccc3NC(=O)c3cc(-c4ccc(OC)cc4OC)nc4ccccc34)c3ccccc3n2)c(OC)c1. The van der Waals surface area contributed by atoms with Crippen molar-refractivity contribution in [1.82, 2.24) is 9.97 Å². The molecule has 7 rings (SSSR count). The third kappa shape index (κ3) is 6.52. The van der Waals surface area contributed by atoms with Crippen LogP contribution >= 0.6 is 0 Å². The number of carbonyl (C=O) groups excluding carboxylic acids is 2. The number of fused-ring (bicyclic) bond motifs is 2. The fourth-order valence-corrected chi connectivity index (χ4v) is 6.10. The Balaban J connectivity index is 1.23. The molecule has 0 spiro atoms. The average Bonchev–Trinajstić information content (AvgIpc) is 3.20. The van der Waals surface area contributed by atoms with Gasteiger partial charge in [0.1, 0.15) is 23.0 Å². The van der Waals surface area contributed by atoms with Gasteiger partial charge in [-0.05, 0) is 60.7 Å². The predicted molar refractivity (Wildman–Crippen MR) is 203 cm³/mol. The maximum Gasteiger partial charge on any atom is 0.256 e. The van der Waals surface area contributed by atoms with Crippen LogP contribution in [-0.4, -0.2) is 50.2 Å². The monoisotopic (exact) mass is 690 g/mol. The summed E-state index contributed by atoms with van der Waals surface area (Å²) in [6, 6.07) is 36.3. The van der Waals surface area contributed by atoms with Crippen LogP contribution in [0.5, 0.6) is 23.0 Å². The van der Waals surface area contributed by atoms with Crippen molar-refractivity contribution in [2.24, 2.45) is 0 Å². The number of amides is 2. The van der Waals surface area contributed by atoms with Gasteiger partial charge in [-0.2, -0.15) is 0 Å². The molecule has 2 N–H and O–H groups in total. The summed E-state index contributed by atoms with van der Waals surface area (Å²) < 4.78 is 22.0. The highest BCUT2D eigenvalue weighted by Crippen LogP contribution is 2.36. The minimum Gasteiger partial charge on any atom is -0.497 e. The van der Waals surface area contributed by atoms with Crippen molar-refractivity contribution in [1.29, 1.82) is 0 Å². The molecule has 258 valence electrons. The molecule has 52 heavy (non-hydrogen) atoms. The maximum atomic E-state index is 14.1. The predicted octanol–water partition coefficient (Wildman–Crippen LogP) is 8.66. The Morgan fingerprint density at radius 2 is 0.885 bits per heavy atom. The van der Waals surface area contributed by atoms with Crippen LogP contribution in [0.2, 0.25) is 0 Å². The Kier molecular flexibility index (Phi) is 9.36. The number of methoxy groups -OCH3 is 4. The molecule has 0 aliphatic rings. The van der Waals surface area contributed by atoms with E-state index < -0.39 is 0 Å². The van der Waals surface area contributed by atoms with Gasteiger partial charge < -0.3 is 29.6 Å². The van der Waals surface area contributed by atoms with Gasteiger partial charge in [-0.25, -0.2) is 9.97 Å². The zero-order valence-corrected chi connectivity index (χ0v) is 28.9. The number of para-hydroxylation sites is 4. The molecule has 0 radical (unpaired) electrons. The van der Waals surface area contributed by atoms with Crippen molar-refractivity contribution in [3.8, 4) is 45.5 Å². The van der Waals surface area contributed by atoms with Gasteiger partial charge in [0.25, 0.3) is 11.8 Å². The summed E-state index contributed by atoms with van der Waals surface area (Å²) in [6.07, 6.45) is 0. The lowest BCUT2D eigenvalue weighted by molar-refractivity contribution is 0.101. The van der Waals surface area contributed by atoms with E-state index in [9.17, 15) is 9.59 Å². The van der Waals surface area contributed by atoms with Gasteiger partial charge in [-0.1, -0.05) is 48.5 Å². The van der Waals surface area contributed by atoms with Crippen LogP contribution in [0, 0.1) is 0 Å². The number of aromatic nitrogens is 2. The highest BCUT2D eigenvalue weighted by Gasteiger charge is 2.20. The van der Waals surface area contributed by atoms with E-state index in [-0.39, 0.29) is 11.8 Å². The highest BCUT2D eigenvalue weighted by molar-refractivity contribution is 6.17. The fraction of sp³-hybridized carbons (Fsp3) is 0.0952. The normalized spacial score (nSPS) is 10.8. The zero-order chi connectivity index (χ0) is 36.2. The molecule has 2 heterocycles. The molecule has 0 saturated carbocycles. The van der Waals surface area contributed by atoms with Crippen molar-refractivity contribution in [2.75, 3.05) is 39.1 Å². The third-order valence-electron chi connectivity index (χ3n) is 8.71. The van der Waals surface area contributed by atoms with Gasteiger partial charge in [-0.3, -0.25) is 9.59 Å². The summed E-state index contributed by atoms with van der Waals surface area (Å²) in [7, 11) is 6.32. The first-order valence-corrected chi connectivity index (χ1v) is 16.4. The number of ether oxygens (including phenoxy) is 4. The van der Waals surface area contributed by atoms with Crippen LogP contribution in [-0.2, 0) is 0 Å². The molecular formula is C42H34N4O6. The largest absolute Gasteiger partial charge is 0.497 e. The van der Waals surface area contributed by atoms with Gasteiger partial charge in [0.05, 0.1) is 73.4 Å². The van der Waals surface area contributed by atoms with Crippen LogP contribution in [0.15, 0.2) is 121 Å². The maximum absolute atomic E-state index is 14.1. The first-order valence-electron chi connectivity index (χ1n) is 16.4. The van der Waals surface area contributed by atoms with E-state index in [2.05, 4.69) is 10.6 Å². The molecule has 10 nitrogen and oxygen atoms in total. The lowest BCUT2D eigenvalue weighted by atomic mass is 10.0. The molecule has 0 aliphatic heterocycles. The van der Waals surface area contributed by atoms with Gasteiger partial charge in [-0.15, -0.1) is 0 Å². The van der Waals surface area contributed by atoms with Crippen LogP contribution in [0.4, 0.5) is 11.4 Å². The number of benzene rings is 5. The molecule has 2 aromatic heterocycles. The Labute approximate surface area is 300 Å². The molecular weight excluding hydrogens is 656 g/mol. The van der Waals surface area contributed by atoms with E-state index in [0.717, 1.165) is 0 Å². The van der Waals surface area contributed by atoms with Gasteiger partial charge in [0.2, 0.25) is 0 Å². The van der Waals surface area contributed by atoms with E-state index in [1.807, 2.05) is 72.8 Å². The third-order valence-corrected chi connectivity index (χ3v) is 8.71. The van der Waals surface area contributed by atoms with Crippen LogP contribution in [0.1, 0.15) is 20.7 Å². The van der Waals surface area contributed by atoms with E-state index in [0.29, 0.717) is 89.8 Å². The molecule has 5 aromatic carbocycles. The van der Waals surface area contributed by atoms with Crippen LogP contribution in [0.3, 0.4) is 0 Å². The van der Waals surface area contributed by atoms with E-state index >= 15 is 0 Å². The van der Waals surface area contributed by atoms with Gasteiger partial charge >= 0.3 is 0 Å². The molecule has 0 fully saturated rings. The van der Waals surface area contributed by atoms with Crippen molar-refractivity contribution >= 4 is 45.0 Å². The number of hydrogen-bond acceptors (Lipinski definition) is 8. The van der Waals surface area contributed by atoms with Crippen molar-refractivity contribution in [3.63, 3.8) is 0 Å². The summed E-state index contributed by atoms with van der Waals surface area (Å²) in [5.74, 6) is 1.62. The number of rotatable bonds is 10. The Morgan fingerprint density at radius 1 is 0.481 bits per heavy atom. The van der Waals surface area contributed by atoms with E-state index in [1.165, 1.54) is 0 Å². The molecule has 0 saturated heterocycles. The van der Waals surface area contributed by atoms with Crippen LogP contribution < -0.4 is 29.6 Å². The van der Waals surface area contributed by atoms with Crippen LogP contribution in [0.25, 0.3) is 44.3 Å². The average molecular weight is 691 g/mol. The topological polar surface area (TPSA) is 121 Å². The zero-order valence-electron chi connectivity index (χ0n) is 28.9. The molecule has 0 bridgehead atoms. The Bertz CT molecular complexity index is 2310. The van der Waals surface area contributed by atoms with Crippen molar-refractivity contribution in [3.05, 3.63) is 132 Å². The second-order valence-electron chi connectivity index (χ2n) is 11.7. The second kappa shape index (κ2) is 14.5. The summed E-state index contributed by atoms with van der Waals surface area (Å²) in [5.41, 5.74) is 5.42. The Hall–Kier alpha value is -6.94. The van der Waals surface area contributed by atoms with Gasteiger partial charge in [0.15, 0.2) is 0 Å². The van der Waals surface area contributed by atoms with Crippen molar-refractivity contribution < 1.29 is 28.5 Å². The lowest BCUT2D eigenvalue weighted by Gasteiger charge is -2.16. The number of pyridine rings is 2. The number of nitrogens with one attached hydrogen (secondary N) is 2. The number of nitrogens with zero attached hydrogens (tertiary/aromatic N) is 2. The quantitative estimate of drug-likeness (QED) is 0.146. The van der Waals surface area contributed by atoms with Gasteiger partial charge in [0, 0.05) is 34.0 Å². The first kappa shape index (κ1) is 33.6. The summed E-state index contributed by atoms with van der Waals surface area (Å²) in [4.78, 5) is 37.9. The minimum absolute atomic E-state index is 0.378. The number of carbonyl (C=O) groups is 2. The first-order chi connectivity index (χ1) is 25.4. The summed E-state index contributed by atoms with van der Waals surface area (Å²) in [5, 5.41) is 7.39. The molecule has 2 amide bonds. The molecule has 10 heteroatoms. The summed E-state index contributed by atoms with van der Waals surface area (Å²) >= 11 is 0. The standard InChI is InChI=1S/C42H34N4O6/c1-49-25-17-19-29(39(21-25)51-3)37-23-31(27-11-5-7-13-33(27)43-37)41(47)45-35-15-9-10-16-36(35)46-42(48)32-24-38(44-34-14-8-6-12-28(32)34)30-20-18-26(50-2)22-40(30)52-4/h5-24H,1-4H3,(H,45,47)(H,46,48). The smallest absolute Gasteiger partial charge is 0.256 e. The van der Waals surface area contributed by atoms with E-state index in [1.54, 1.807) is 77.0 Å². The highest BCUT2D eigenvalue weighted by atomic mass is 16.5. The number of hydrogen-bond donors (Lipinski definition) is 2. The Morgan fingerprint density at radius 3 is 1.29 bits per heavy atom. The fourth-order valence-electron chi connectivity index (χ4n) is 6.10. The minimum atomic E-state index is -0.378. The van der Waals surface area contributed by atoms with Crippen molar-refractivity contribution in [2.45, 2.75) is 0 Å².